The van der Waals surface area contributed by atoms with E-state index in [0.717, 1.165) is 30.1 Å². The van der Waals surface area contributed by atoms with E-state index in [0.29, 0.717) is 12.0 Å². The van der Waals surface area contributed by atoms with Gasteiger partial charge in [0.25, 0.3) is 0 Å². The maximum absolute atomic E-state index is 5.39. The van der Waals surface area contributed by atoms with Crippen LogP contribution in [0.25, 0.3) is 10.9 Å². The predicted molar refractivity (Wildman–Crippen MR) is 101 cm³/mol. The normalized spacial score (nSPS) is 23.1. The fraction of sp³-hybridized carbons (Fsp3) is 0.476. The SMILES string of the molecule is C=CC1CN(C(C)Cc2ccnc3ccc(OC)cc23)CCC1C. The van der Waals surface area contributed by atoms with E-state index in [1.54, 1.807) is 7.11 Å². The molecule has 3 unspecified atom stereocenters. The summed E-state index contributed by atoms with van der Waals surface area (Å²) in [7, 11) is 1.71. The van der Waals surface area contributed by atoms with Gasteiger partial charge in [-0.2, -0.15) is 0 Å². The van der Waals surface area contributed by atoms with Gasteiger partial charge in [0.15, 0.2) is 0 Å². The molecular formula is C21H28N2O. The zero-order valence-corrected chi connectivity index (χ0v) is 15.0. The summed E-state index contributed by atoms with van der Waals surface area (Å²) in [5.74, 6) is 2.25. The molecule has 0 radical (unpaired) electrons. The van der Waals surface area contributed by atoms with Crippen LogP contribution in [0.3, 0.4) is 0 Å². The molecule has 0 bridgehead atoms. The van der Waals surface area contributed by atoms with Gasteiger partial charge in [0.1, 0.15) is 5.75 Å². The van der Waals surface area contributed by atoms with E-state index < -0.39 is 0 Å². The van der Waals surface area contributed by atoms with Crippen molar-refractivity contribution in [1.29, 1.82) is 0 Å². The van der Waals surface area contributed by atoms with Crippen LogP contribution in [0.1, 0.15) is 25.8 Å². The van der Waals surface area contributed by atoms with Crippen molar-refractivity contribution in [2.45, 2.75) is 32.7 Å². The van der Waals surface area contributed by atoms with Gasteiger partial charge in [-0.15, -0.1) is 6.58 Å². The highest BCUT2D eigenvalue weighted by Crippen LogP contribution is 2.28. The molecule has 1 fully saturated rings. The Bertz CT molecular complexity index is 712. The Morgan fingerprint density at radius 3 is 3.00 bits per heavy atom. The highest BCUT2D eigenvalue weighted by molar-refractivity contribution is 5.83. The molecule has 3 rings (SSSR count). The van der Waals surface area contributed by atoms with E-state index in [1.165, 1.54) is 23.9 Å². The van der Waals surface area contributed by atoms with Crippen LogP contribution in [0.15, 0.2) is 43.1 Å². The Hall–Kier alpha value is -1.87. The summed E-state index contributed by atoms with van der Waals surface area (Å²) in [6.45, 7) is 11.0. The molecule has 3 heteroatoms. The van der Waals surface area contributed by atoms with Crippen LogP contribution >= 0.6 is 0 Å². The van der Waals surface area contributed by atoms with Crippen LogP contribution in [-0.4, -0.2) is 36.1 Å². The Morgan fingerprint density at radius 1 is 1.42 bits per heavy atom. The summed E-state index contributed by atoms with van der Waals surface area (Å²) in [6.07, 6.45) is 6.34. The van der Waals surface area contributed by atoms with Crippen molar-refractivity contribution in [2.24, 2.45) is 11.8 Å². The average Bonchev–Trinajstić information content (AvgIpc) is 2.62. The molecule has 128 valence electrons. The lowest BCUT2D eigenvalue weighted by molar-refractivity contribution is 0.115. The number of methoxy groups -OCH3 is 1. The van der Waals surface area contributed by atoms with Crippen LogP contribution in [0.2, 0.25) is 0 Å². The van der Waals surface area contributed by atoms with Gasteiger partial charge >= 0.3 is 0 Å². The zero-order valence-electron chi connectivity index (χ0n) is 15.0. The van der Waals surface area contributed by atoms with Crippen LogP contribution in [-0.2, 0) is 6.42 Å². The molecule has 1 aromatic carbocycles. The number of nitrogens with zero attached hydrogens (tertiary/aromatic N) is 2. The summed E-state index contributed by atoms with van der Waals surface area (Å²) in [5.41, 5.74) is 2.39. The lowest BCUT2D eigenvalue weighted by Crippen LogP contribution is -2.44. The number of pyridine rings is 1. The molecule has 24 heavy (non-hydrogen) atoms. The summed E-state index contributed by atoms with van der Waals surface area (Å²) in [6, 6.07) is 8.78. The third-order valence-electron chi connectivity index (χ3n) is 5.53. The second-order valence-corrected chi connectivity index (χ2v) is 7.07. The molecule has 0 saturated carbocycles. The number of likely N-dealkylation sites (tertiary alicyclic amines) is 1. The largest absolute Gasteiger partial charge is 0.497 e. The molecule has 3 nitrogen and oxygen atoms in total. The highest BCUT2D eigenvalue weighted by atomic mass is 16.5. The topological polar surface area (TPSA) is 25.4 Å². The fourth-order valence-electron chi connectivity index (χ4n) is 3.77. The molecule has 0 spiro atoms. The Labute approximate surface area is 145 Å². The van der Waals surface area contributed by atoms with Crippen molar-refractivity contribution in [3.63, 3.8) is 0 Å². The Morgan fingerprint density at radius 2 is 2.25 bits per heavy atom. The number of benzene rings is 1. The highest BCUT2D eigenvalue weighted by Gasteiger charge is 2.27. The summed E-state index contributed by atoms with van der Waals surface area (Å²) in [5, 5.41) is 1.20. The van der Waals surface area contributed by atoms with E-state index in [2.05, 4.69) is 48.5 Å². The number of aromatic nitrogens is 1. The van der Waals surface area contributed by atoms with Crippen molar-refractivity contribution < 1.29 is 4.74 Å². The number of ether oxygens (including phenoxy) is 1. The third kappa shape index (κ3) is 3.46. The Balaban J connectivity index is 1.80. The van der Waals surface area contributed by atoms with Gasteiger partial charge < -0.3 is 4.74 Å². The molecule has 1 aliphatic rings. The smallest absolute Gasteiger partial charge is 0.119 e. The molecule has 1 saturated heterocycles. The lowest BCUT2D eigenvalue weighted by Gasteiger charge is -2.39. The monoisotopic (exact) mass is 324 g/mol. The van der Waals surface area contributed by atoms with Crippen molar-refractivity contribution >= 4 is 10.9 Å². The van der Waals surface area contributed by atoms with Gasteiger partial charge in [0.2, 0.25) is 0 Å². The fourth-order valence-corrected chi connectivity index (χ4v) is 3.77. The lowest BCUT2D eigenvalue weighted by atomic mass is 9.86. The van der Waals surface area contributed by atoms with E-state index >= 15 is 0 Å². The third-order valence-corrected chi connectivity index (χ3v) is 5.53. The van der Waals surface area contributed by atoms with Gasteiger partial charge in [-0.25, -0.2) is 0 Å². The van der Waals surface area contributed by atoms with Gasteiger partial charge in [0.05, 0.1) is 12.6 Å². The first kappa shape index (κ1) is 17.0. The van der Waals surface area contributed by atoms with Crippen molar-refractivity contribution in [3.05, 3.63) is 48.7 Å². The number of hydrogen-bond donors (Lipinski definition) is 0. The van der Waals surface area contributed by atoms with Gasteiger partial charge in [0, 0.05) is 24.2 Å². The van der Waals surface area contributed by atoms with Crippen molar-refractivity contribution in [3.8, 4) is 5.75 Å². The maximum Gasteiger partial charge on any atom is 0.119 e. The van der Waals surface area contributed by atoms with Crippen LogP contribution in [0.4, 0.5) is 0 Å². The molecule has 0 N–H and O–H groups in total. The molecule has 0 amide bonds. The predicted octanol–water partition coefficient (Wildman–Crippen LogP) is 4.32. The minimum Gasteiger partial charge on any atom is -0.497 e. The molecule has 0 aliphatic carbocycles. The quantitative estimate of drug-likeness (QED) is 0.766. The van der Waals surface area contributed by atoms with E-state index in [-0.39, 0.29) is 0 Å². The number of rotatable bonds is 5. The molecule has 1 aliphatic heterocycles. The first-order valence-electron chi connectivity index (χ1n) is 8.90. The van der Waals surface area contributed by atoms with Crippen LogP contribution < -0.4 is 4.74 Å². The van der Waals surface area contributed by atoms with Crippen LogP contribution in [0, 0.1) is 11.8 Å². The second kappa shape index (κ2) is 7.35. The van der Waals surface area contributed by atoms with Gasteiger partial charge in [-0.05, 0) is 68.0 Å². The first-order chi connectivity index (χ1) is 11.6. The van der Waals surface area contributed by atoms with E-state index in [4.69, 9.17) is 4.74 Å². The molecule has 1 aromatic heterocycles. The average molecular weight is 324 g/mol. The van der Waals surface area contributed by atoms with E-state index in [1.807, 2.05) is 18.3 Å². The standard InChI is InChI=1S/C21H28N2O/c1-5-17-14-23(11-9-15(17)2)16(3)12-18-8-10-22-21-7-6-19(24-4)13-20(18)21/h5-8,10,13,15-17H,1,9,11-12,14H2,2-4H3. The summed E-state index contributed by atoms with van der Waals surface area (Å²) >= 11 is 0. The number of piperidine rings is 1. The minimum absolute atomic E-state index is 0.511. The van der Waals surface area contributed by atoms with Gasteiger partial charge in [-0.1, -0.05) is 13.0 Å². The molecule has 2 heterocycles. The molecular weight excluding hydrogens is 296 g/mol. The molecule has 3 atom stereocenters. The van der Waals surface area contributed by atoms with Crippen molar-refractivity contribution in [2.75, 3.05) is 20.2 Å². The Kier molecular flexibility index (Phi) is 5.20. The van der Waals surface area contributed by atoms with E-state index in [9.17, 15) is 0 Å². The maximum atomic E-state index is 5.39. The summed E-state index contributed by atoms with van der Waals surface area (Å²) < 4.78 is 5.39. The van der Waals surface area contributed by atoms with Gasteiger partial charge in [-0.3, -0.25) is 9.88 Å². The number of fused-ring (bicyclic) bond motifs is 1. The number of hydrogen-bond acceptors (Lipinski definition) is 3. The second-order valence-electron chi connectivity index (χ2n) is 7.07. The minimum atomic E-state index is 0.511. The van der Waals surface area contributed by atoms with Crippen LogP contribution in [0.5, 0.6) is 5.75 Å². The molecule has 2 aromatic rings. The summed E-state index contributed by atoms with van der Waals surface area (Å²) in [4.78, 5) is 7.10. The van der Waals surface area contributed by atoms with Crippen molar-refractivity contribution in [1.82, 2.24) is 9.88 Å². The zero-order chi connectivity index (χ0) is 17.1. The first-order valence-corrected chi connectivity index (χ1v) is 8.90.